The Balaban J connectivity index is 1.97. The maximum absolute atomic E-state index is 12.4. The van der Waals surface area contributed by atoms with Gasteiger partial charge in [0, 0.05) is 30.9 Å². The molecule has 2 aromatic carbocycles. The summed E-state index contributed by atoms with van der Waals surface area (Å²) in [7, 11) is 0. The first kappa shape index (κ1) is 23.6. The van der Waals surface area contributed by atoms with Crippen LogP contribution in [-0.2, 0) is 9.53 Å². The van der Waals surface area contributed by atoms with Gasteiger partial charge in [-0.2, -0.15) is 0 Å². The molecule has 0 unspecified atom stereocenters. The van der Waals surface area contributed by atoms with E-state index in [-0.39, 0.29) is 24.1 Å². The number of carbonyl (C=O) groups excluding carboxylic acids is 2. The zero-order valence-corrected chi connectivity index (χ0v) is 19.9. The summed E-state index contributed by atoms with van der Waals surface area (Å²) in [6, 6.07) is 14.2. The van der Waals surface area contributed by atoms with Crippen molar-refractivity contribution in [2.45, 2.75) is 66.2 Å². The van der Waals surface area contributed by atoms with E-state index in [0.717, 1.165) is 34.6 Å². The number of hydrogen-bond donors (Lipinski definition) is 2. The first-order valence-electron chi connectivity index (χ1n) is 11.4. The van der Waals surface area contributed by atoms with Crippen LogP contribution in [0.1, 0.15) is 59.6 Å². The Morgan fingerprint density at radius 3 is 2.47 bits per heavy atom. The summed E-state index contributed by atoms with van der Waals surface area (Å²) < 4.78 is 5.32. The van der Waals surface area contributed by atoms with Gasteiger partial charge in [-0.25, -0.2) is 4.79 Å². The highest BCUT2D eigenvalue weighted by Gasteiger charge is 2.33. The number of fused-ring (bicyclic) bond motifs is 1. The second-order valence-electron chi connectivity index (χ2n) is 9.25. The average molecular weight is 438 g/mol. The van der Waals surface area contributed by atoms with Crippen LogP contribution in [-0.4, -0.2) is 30.7 Å². The first-order chi connectivity index (χ1) is 15.2. The molecule has 2 amide bonds. The topological polar surface area (TPSA) is 70.7 Å². The number of amides is 2. The number of nitrogens with zero attached hydrogens (tertiary/aromatic N) is 1. The fourth-order valence-corrected chi connectivity index (χ4v) is 4.18. The van der Waals surface area contributed by atoms with E-state index in [1.54, 1.807) is 6.92 Å². The lowest BCUT2D eigenvalue weighted by Gasteiger charge is -2.39. The zero-order chi connectivity index (χ0) is 23.4. The number of nitrogens with one attached hydrogen (secondary N) is 2. The number of alkyl carbamates (subject to hydrolysis) is 1. The third-order valence-corrected chi connectivity index (χ3v) is 5.56. The van der Waals surface area contributed by atoms with Crippen LogP contribution >= 0.6 is 0 Å². The maximum Gasteiger partial charge on any atom is 0.407 e. The molecule has 0 fully saturated rings. The molecule has 0 spiro atoms. The summed E-state index contributed by atoms with van der Waals surface area (Å²) in [4.78, 5) is 26.5. The Hall–Kier alpha value is -3.02. The van der Waals surface area contributed by atoms with Gasteiger partial charge >= 0.3 is 6.09 Å². The third kappa shape index (κ3) is 5.61. The molecule has 0 aromatic heterocycles. The van der Waals surface area contributed by atoms with Crippen molar-refractivity contribution in [3.8, 4) is 11.1 Å². The number of rotatable bonds is 6. The summed E-state index contributed by atoms with van der Waals surface area (Å²) in [6.07, 6.45) is -0.0134. The smallest absolute Gasteiger partial charge is 0.407 e. The van der Waals surface area contributed by atoms with E-state index in [2.05, 4.69) is 48.7 Å². The molecule has 172 valence electrons. The van der Waals surface area contributed by atoms with Crippen LogP contribution in [0.25, 0.3) is 11.1 Å². The van der Waals surface area contributed by atoms with E-state index in [0.29, 0.717) is 12.3 Å². The lowest BCUT2D eigenvalue weighted by atomic mass is 9.89. The molecule has 32 heavy (non-hydrogen) atoms. The molecule has 0 saturated heterocycles. The molecular formula is C26H35N3O3. The van der Waals surface area contributed by atoms with Crippen LogP contribution in [0.15, 0.2) is 42.5 Å². The van der Waals surface area contributed by atoms with Crippen LogP contribution < -0.4 is 15.5 Å². The average Bonchev–Trinajstić information content (AvgIpc) is 2.71. The van der Waals surface area contributed by atoms with Crippen molar-refractivity contribution >= 4 is 23.4 Å². The lowest BCUT2D eigenvalue weighted by molar-refractivity contribution is -0.117. The normalized spacial score (nSPS) is 17.8. The molecule has 0 bridgehead atoms. The van der Waals surface area contributed by atoms with E-state index >= 15 is 0 Å². The van der Waals surface area contributed by atoms with Gasteiger partial charge in [0.25, 0.3) is 0 Å². The lowest BCUT2D eigenvalue weighted by Crippen LogP contribution is -2.45. The van der Waals surface area contributed by atoms with Gasteiger partial charge in [0.1, 0.15) is 0 Å². The second-order valence-corrected chi connectivity index (χ2v) is 9.25. The quantitative estimate of drug-likeness (QED) is 0.604. The summed E-state index contributed by atoms with van der Waals surface area (Å²) in [5, 5.41) is 6.48. The molecule has 6 heteroatoms. The van der Waals surface area contributed by atoms with Gasteiger partial charge < -0.3 is 20.3 Å². The van der Waals surface area contributed by atoms with Gasteiger partial charge in [0.15, 0.2) is 0 Å². The maximum atomic E-state index is 12.4. The van der Waals surface area contributed by atoms with Crippen LogP contribution in [0.3, 0.4) is 0 Å². The molecule has 1 heterocycles. The summed E-state index contributed by atoms with van der Waals surface area (Å²) in [5.74, 6) is 0.550. The minimum Gasteiger partial charge on any atom is -0.447 e. The molecule has 1 aliphatic rings. The van der Waals surface area contributed by atoms with Gasteiger partial charge in [0.05, 0.1) is 12.1 Å². The van der Waals surface area contributed by atoms with Crippen molar-refractivity contribution in [2.24, 2.45) is 5.92 Å². The molecule has 0 saturated carbocycles. The largest absolute Gasteiger partial charge is 0.447 e. The Labute approximate surface area is 191 Å². The van der Waals surface area contributed by atoms with E-state index in [4.69, 9.17) is 4.74 Å². The van der Waals surface area contributed by atoms with Crippen molar-refractivity contribution in [2.75, 3.05) is 16.8 Å². The molecule has 1 aliphatic heterocycles. The molecule has 6 nitrogen and oxygen atoms in total. The summed E-state index contributed by atoms with van der Waals surface area (Å²) >= 11 is 0. The SMILES string of the molecule is CC(=O)N1c2ccc(-c3cccc(NCC(C)C)c3)cc2[C@H](NC(=O)OC(C)C)C[C@@H]1C. The molecule has 2 atom stereocenters. The van der Waals surface area contributed by atoms with Crippen LogP contribution in [0.2, 0.25) is 0 Å². The highest BCUT2D eigenvalue weighted by molar-refractivity contribution is 5.94. The van der Waals surface area contributed by atoms with Crippen LogP contribution in [0, 0.1) is 5.92 Å². The Kier molecular flexibility index (Phi) is 7.44. The molecule has 0 radical (unpaired) electrons. The number of anilines is 2. The Bertz CT molecular complexity index is 971. The van der Waals surface area contributed by atoms with Gasteiger partial charge in [-0.3, -0.25) is 4.79 Å². The number of hydrogen-bond acceptors (Lipinski definition) is 4. The van der Waals surface area contributed by atoms with Gasteiger partial charge in [-0.05, 0) is 74.1 Å². The predicted octanol–water partition coefficient (Wildman–Crippen LogP) is 5.74. The molecule has 0 aliphatic carbocycles. The van der Waals surface area contributed by atoms with Gasteiger partial charge in [-0.1, -0.05) is 32.0 Å². The fourth-order valence-electron chi connectivity index (χ4n) is 4.18. The van der Waals surface area contributed by atoms with E-state index < -0.39 is 6.09 Å². The monoisotopic (exact) mass is 437 g/mol. The number of benzene rings is 2. The Morgan fingerprint density at radius 1 is 1.09 bits per heavy atom. The highest BCUT2D eigenvalue weighted by Crippen LogP contribution is 2.40. The highest BCUT2D eigenvalue weighted by atomic mass is 16.6. The predicted molar refractivity (Wildman–Crippen MR) is 130 cm³/mol. The minimum absolute atomic E-state index is 0.00501. The summed E-state index contributed by atoms with van der Waals surface area (Å²) in [5.41, 5.74) is 4.96. The molecule has 3 rings (SSSR count). The van der Waals surface area contributed by atoms with Crippen molar-refractivity contribution in [1.29, 1.82) is 0 Å². The van der Waals surface area contributed by atoms with Crippen molar-refractivity contribution < 1.29 is 14.3 Å². The van der Waals surface area contributed by atoms with E-state index in [1.165, 1.54) is 0 Å². The van der Waals surface area contributed by atoms with Crippen molar-refractivity contribution in [1.82, 2.24) is 5.32 Å². The standard InChI is InChI=1S/C26H35N3O3/c1-16(2)15-27-22-9-7-8-20(13-22)21-10-11-25-23(14-21)24(28-26(31)32-17(3)4)12-18(5)29(25)19(6)30/h7-11,13-14,16-18,24,27H,12,15H2,1-6H3,(H,28,31)/t18-,24+/m0/s1. The molecule has 2 aromatic rings. The molecule has 2 N–H and O–H groups in total. The van der Waals surface area contributed by atoms with Crippen LogP contribution in [0.4, 0.5) is 16.2 Å². The fraction of sp³-hybridized carbons (Fsp3) is 0.462. The third-order valence-electron chi connectivity index (χ3n) is 5.56. The van der Waals surface area contributed by atoms with Crippen molar-refractivity contribution in [3.63, 3.8) is 0 Å². The van der Waals surface area contributed by atoms with E-state index in [1.807, 2.05) is 43.9 Å². The number of carbonyl (C=O) groups is 2. The Morgan fingerprint density at radius 2 is 1.81 bits per heavy atom. The first-order valence-corrected chi connectivity index (χ1v) is 11.4. The zero-order valence-electron chi connectivity index (χ0n) is 19.9. The van der Waals surface area contributed by atoms with Gasteiger partial charge in [0.2, 0.25) is 5.91 Å². The summed E-state index contributed by atoms with van der Waals surface area (Å²) in [6.45, 7) is 12.5. The molecular weight excluding hydrogens is 402 g/mol. The van der Waals surface area contributed by atoms with E-state index in [9.17, 15) is 9.59 Å². The number of ether oxygens (including phenoxy) is 1. The van der Waals surface area contributed by atoms with Crippen molar-refractivity contribution in [3.05, 3.63) is 48.0 Å². The van der Waals surface area contributed by atoms with Gasteiger partial charge in [-0.15, -0.1) is 0 Å². The van der Waals surface area contributed by atoms with Crippen LogP contribution in [0.5, 0.6) is 0 Å². The minimum atomic E-state index is -0.440. The second kappa shape index (κ2) is 10.1.